The van der Waals surface area contributed by atoms with Gasteiger partial charge in [0.15, 0.2) is 0 Å². The third kappa shape index (κ3) is 4.49. The number of hydrogen-bond acceptors (Lipinski definition) is 3. The van der Waals surface area contributed by atoms with E-state index in [2.05, 4.69) is 28.2 Å². The summed E-state index contributed by atoms with van der Waals surface area (Å²) in [5, 5.41) is 12.2. The summed E-state index contributed by atoms with van der Waals surface area (Å²) in [5.74, 6) is 0.374. The number of halogens is 1. The average molecular weight is 364 g/mol. The maximum atomic E-state index is 12.4. The third-order valence-electron chi connectivity index (χ3n) is 3.05. The number of carbonyl (C=O) groups excluding carboxylic acids is 1. The van der Waals surface area contributed by atoms with E-state index in [9.17, 15) is 9.90 Å². The molecule has 0 heterocycles. The van der Waals surface area contributed by atoms with Gasteiger partial charge in [0.1, 0.15) is 11.5 Å². The molecule has 0 aliphatic heterocycles. The van der Waals surface area contributed by atoms with Gasteiger partial charge in [-0.05, 0) is 36.8 Å². The van der Waals surface area contributed by atoms with Crippen LogP contribution in [0.4, 0.5) is 5.69 Å². The third-order valence-corrected chi connectivity index (χ3v) is 3.54. The highest BCUT2D eigenvalue weighted by Crippen LogP contribution is 2.25. The summed E-state index contributed by atoms with van der Waals surface area (Å²) in [5.41, 5.74) is 0.985. The predicted molar refractivity (Wildman–Crippen MR) is 90.6 cm³/mol. The molecule has 2 rings (SSSR count). The van der Waals surface area contributed by atoms with Crippen LogP contribution in [-0.4, -0.2) is 17.6 Å². The Balaban J connectivity index is 2.18. The summed E-state index contributed by atoms with van der Waals surface area (Å²) < 4.78 is 6.49. The number of phenolic OH excluding ortho intramolecular Hbond substituents is 1. The molecule has 0 radical (unpaired) electrons. The summed E-state index contributed by atoms with van der Waals surface area (Å²) in [6, 6.07) is 11.8. The van der Waals surface area contributed by atoms with Crippen LogP contribution >= 0.6 is 15.9 Å². The molecule has 0 saturated heterocycles. The van der Waals surface area contributed by atoms with Gasteiger partial charge in [-0.15, -0.1) is 0 Å². The lowest BCUT2D eigenvalue weighted by molar-refractivity contribution is 0.102. The molecule has 116 valence electrons. The summed E-state index contributed by atoms with van der Waals surface area (Å²) >= 11 is 3.37. The first-order valence-corrected chi connectivity index (χ1v) is 7.92. The van der Waals surface area contributed by atoms with E-state index in [0.29, 0.717) is 23.6 Å². The van der Waals surface area contributed by atoms with Gasteiger partial charge < -0.3 is 15.2 Å². The van der Waals surface area contributed by atoms with Crippen molar-refractivity contribution in [1.82, 2.24) is 0 Å². The molecule has 0 spiro atoms. The molecule has 0 fully saturated rings. The molecule has 1 amide bonds. The van der Waals surface area contributed by atoms with E-state index in [0.717, 1.165) is 17.3 Å². The zero-order chi connectivity index (χ0) is 15.9. The number of nitrogens with one attached hydrogen (secondary N) is 1. The second-order valence-corrected chi connectivity index (χ2v) is 5.76. The lowest BCUT2D eigenvalue weighted by atomic mass is 10.1. The molecule has 0 bridgehead atoms. The highest BCUT2D eigenvalue weighted by Gasteiger charge is 2.14. The highest BCUT2D eigenvalue weighted by atomic mass is 79.9. The van der Waals surface area contributed by atoms with Gasteiger partial charge in [0.05, 0.1) is 12.2 Å². The maximum Gasteiger partial charge on any atom is 0.259 e. The number of ether oxygens (including phenoxy) is 1. The molecule has 0 saturated carbocycles. The molecule has 5 heteroatoms. The average Bonchev–Trinajstić information content (AvgIpc) is 2.49. The van der Waals surface area contributed by atoms with Gasteiger partial charge in [-0.2, -0.15) is 0 Å². The molecule has 0 unspecified atom stereocenters. The van der Waals surface area contributed by atoms with E-state index in [1.54, 1.807) is 30.3 Å². The lowest BCUT2D eigenvalue weighted by Gasteiger charge is -2.12. The Morgan fingerprint density at radius 2 is 2.09 bits per heavy atom. The molecule has 0 aliphatic rings. The fourth-order valence-corrected chi connectivity index (χ4v) is 2.28. The molecule has 0 aromatic heterocycles. The van der Waals surface area contributed by atoms with Crippen molar-refractivity contribution in [2.24, 2.45) is 0 Å². The molecule has 0 aliphatic carbocycles. The Morgan fingerprint density at radius 1 is 1.27 bits per heavy atom. The topological polar surface area (TPSA) is 58.6 Å². The van der Waals surface area contributed by atoms with E-state index >= 15 is 0 Å². The second-order valence-electron chi connectivity index (χ2n) is 4.85. The predicted octanol–water partition coefficient (Wildman–Crippen LogP) is 4.59. The number of carbonyl (C=O) groups is 1. The van der Waals surface area contributed by atoms with Gasteiger partial charge in [-0.1, -0.05) is 35.3 Å². The molecule has 2 aromatic rings. The molecule has 2 N–H and O–H groups in total. The quantitative estimate of drug-likeness (QED) is 0.738. The largest absolute Gasteiger partial charge is 0.508 e. The van der Waals surface area contributed by atoms with Crippen LogP contribution in [-0.2, 0) is 0 Å². The normalized spacial score (nSPS) is 10.3. The van der Waals surface area contributed by atoms with E-state index in [1.165, 1.54) is 6.07 Å². The fourth-order valence-electron chi connectivity index (χ4n) is 1.91. The lowest BCUT2D eigenvalue weighted by Crippen LogP contribution is -2.14. The summed E-state index contributed by atoms with van der Waals surface area (Å²) in [7, 11) is 0. The van der Waals surface area contributed by atoms with Crippen LogP contribution < -0.4 is 10.1 Å². The van der Waals surface area contributed by atoms with Crippen LogP contribution in [0.3, 0.4) is 0 Å². The number of hydrogen-bond donors (Lipinski definition) is 2. The van der Waals surface area contributed by atoms with Crippen molar-refractivity contribution in [3.05, 3.63) is 52.5 Å². The molecular formula is C17H18BrNO3. The standard InChI is InChI=1S/C17H18BrNO3/c1-2-3-9-22-16-8-7-12(18)10-15(16)17(21)19-13-5-4-6-14(20)11-13/h4-8,10-11,20H,2-3,9H2,1H3,(H,19,21). The Kier molecular flexibility index (Phi) is 5.83. The molecule has 22 heavy (non-hydrogen) atoms. The minimum atomic E-state index is -0.279. The van der Waals surface area contributed by atoms with Crippen molar-refractivity contribution < 1.29 is 14.6 Å². The van der Waals surface area contributed by atoms with Crippen LogP contribution in [0.2, 0.25) is 0 Å². The van der Waals surface area contributed by atoms with Gasteiger partial charge in [0.25, 0.3) is 5.91 Å². The zero-order valence-electron chi connectivity index (χ0n) is 12.3. The van der Waals surface area contributed by atoms with Crippen molar-refractivity contribution in [2.45, 2.75) is 19.8 Å². The number of anilines is 1. The van der Waals surface area contributed by atoms with Crippen LogP contribution in [0.5, 0.6) is 11.5 Å². The maximum absolute atomic E-state index is 12.4. The first kappa shape index (κ1) is 16.4. The number of amides is 1. The Hall–Kier alpha value is -2.01. The van der Waals surface area contributed by atoms with Gasteiger partial charge in [-0.3, -0.25) is 4.79 Å². The van der Waals surface area contributed by atoms with E-state index in [1.807, 2.05) is 6.07 Å². The smallest absolute Gasteiger partial charge is 0.259 e. The Morgan fingerprint density at radius 3 is 2.82 bits per heavy atom. The SMILES string of the molecule is CCCCOc1ccc(Br)cc1C(=O)Nc1cccc(O)c1. The number of aromatic hydroxyl groups is 1. The molecule has 2 aromatic carbocycles. The highest BCUT2D eigenvalue weighted by molar-refractivity contribution is 9.10. The van der Waals surface area contributed by atoms with Gasteiger partial charge in [-0.25, -0.2) is 0 Å². The van der Waals surface area contributed by atoms with Crippen molar-refractivity contribution in [1.29, 1.82) is 0 Å². The number of rotatable bonds is 6. The minimum Gasteiger partial charge on any atom is -0.508 e. The Bertz CT molecular complexity index is 658. The van der Waals surface area contributed by atoms with Gasteiger partial charge >= 0.3 is 0 Å². The fraction of sp³-hybridized carbons (Fsp3) is 0.235. The first-order valence-electron chi connectivity index (χ1n) is 7.13. The zero-order valence-corrected chi connectivity index (χ0v) is 13.9. The summed E-state index contributed by atoms with van der Waals surface area (Å²) in [6.07, 6.45) is 1.96. The Labute approximate surface area is 138 Å². The summed E-state index contributed by atoms with van der Waals surface area (Å²) in [6.45, 7) is 2.66. The van der Waals surface area contributed by atoms with E-state index in [-0.39, 0.29) is 11.7 Å². The number of benzene rings is 2. The van der Waals surface area contributed by atoms with E-state index < -0.39 is 0 Å². The molecule has 4 nitrogen and oxygen atoms in total. The van der Waals surface area contributed by atoms with Crippen molar-refractivity contribution in [2.75, 3.05) is 11.9 Å². The number of phenols is 1. The minimum absolute atomic E-state index is 0.103. The summed E-state index contributed by atoms with van der Waals surface area (Å²) in [4.78, 5) is 12.4. The molecular weight excluding hydrogens is 346 g/mol. The van der Waals surface area contributed by atoms with Gasteiger partial charge in [0, 0.05) is 16.2 Å². The van der Waals surface area contributed by atoms with E-state index in [4.69, 9.17) is 4.74 Å². The van der Waals surface area contributed by atoms with Gasteiger partial charge in [0.2, 0.25) is 0 Å². The van der Waals surface area contributed by atoms with Crippen LogP contribution in [0.1, 0.15) is 30.1 Å². The monoisotopic (exact) mass is 363 g/mol. The van der Waals surface area contributed by atoms with Crippen LogP contribution in [0.25, 0.3) is 0 Å². The van der Waals surface area contributed by atoms with Crippen LogP contribution in [0.15, 0.2) is 46.9 Å². The first-order chi connectivity index (χ1) is 10.6. The number of unbranched alkanes of at least 4 members (excludes halogenated alkanes) is 1. The van der Waals surface area contributed by atoms with Crippen LogP contribution in [0, 0.1) is 0 Å². The van der Waals surface area contributed by atoms with Crippen molar-refractivity contribution >= 4 is 27.5 Å². The van der Waals surface area contributed by atoms with Crippen molar-refractivity contribution in [3.63, 3.8) is 0 Å². The van der Waals surface area contributed by atoms with Crippen molar-refractivity contribution in [3.8, 4) is 11.5 Å². The second kappa shape index (κ2) is 7.84. The molecule has 0 atom stereocenters.